The van der Waals surface area contributed by atoms with Gasteiger partial charge in [-0.15, -0.1) is 6.58 Å². The first-order valence-corrected chi connectivity index (χ1v) is 6.05. The van der Waals surface area contributed by atoms with Crippen molar-refractivity contribution in [1.29, 1.82) is 0 Å². The van der Waals surface area contributed by atoms with E-state index in [0.717, 1.165) is 25.2 Å². The summed E-state index contributed by atoms with van der Waals surface area (Å²) in [7, 11) is -0.972. The lowest BCUT2D eigenvalue weighted by molar-refractivity contribution is -0.208. The van der Waals surface area contributed by atoms with Gasteiger partial charge in [-0.05, 0) is 36.5 Å². The lowest BCUT2D eigenvalue weighted by Gasteiger charge is -2.64. The van der Waals surface area contributed by atoms with Crippen molar-refractivity contribution in [2.45, 2.75) is 38.7 Å². The molecule has 0 saturated heterocycles. The molecule has 2 bridgehead atoms. The standard InChI is InChI=1S/C12H21BO3/c1-4-13(15)16-12(8-14)6-5-9-7-10(12)11(9,2)3/h4,9-10,14-15H,1,5-8H2,2-3H3/t9-,10-,12+/m1/s1. The van der Waals surface area contributed by atoms with Gasteiger partial charge in [-0.1, -0.05) is 19.8 Å². The molecule has 3 aliphatic rings. The molecule has 0 aliphatic heterocycles. The van der Waals surface area contributed by atoms with Crippen molar-refractivity contribution in [1.82, 2.24) is 0 Å². The van der Waals surface area contributed by atoms with Crippen LogP contribution in [0.4, 0.5) is 0 Å². The molecule has 90 valence electrons. The van der Waals surface area contributed by atoms with Crippen molar-refractivity contribution in [3.63, 3.8) is 0 Å². The molecule has 0 aromatic heterocycles. The van der Waals surface area contributed by atoms with Gasteiger partial charge >= 0.3 is 7.12 Å². The summed E-state index contributed by atoms with van der Waals surface area (Å²) in [5.74, 6) is 2.47. The fourth-order valence-corrected chi connectivity index (χ4v) is 3.65. The van der Waals surface area contributed by atoms with Gasteiger partial charge in [-0.3, -0.25) is 0 Å². The maximum Gasteiger partial charge on any atom is 0.483 e. The lowest BCUT2D eigenvalue weighted by atomic mass is 9.44. The summed E-state index contributed by atoms with van der Waals surface area (Å²) in [6.45, 7) is 7.96. The Morgan fingerprint density at radius 3 is 2.69 bits per heavy atom. The third-order valence-electron chi connectivity index (χ3n) is 4.85. The summed E-state index contributed by atoms with van der Waals surface area (Å²) in [5, 5.41) is 19.2. The normalized spacial score (nSPS) is 40.0. The van der Waals surface area contributed by atoms with Gasteiger partial charge in [0.25, 0.3) is 0 Å². The first-order valence-electron chi connectivity index (χ1n) is 6.05. The molecule has 2 N–H and O–H groups in total. The van der Waals surface area contributed by atoms with E-state index in [2.05, 4.69) is 20.4 Å². The summed E-state index contributed by atoms with van der Waals surface area (Å²) >= 11 is 0. The van der Waals surface area contributed by atoms with Gasteiger partial charge in [0.2, 0.25) is 0 Å². The summed E-state index contributed by atoms with van der Waals surface area (Å²) in [6, 6.07) is 0. The van der Waals surface area contributed by atoms with Crippen LogP contribution in [-0.2, 0) is 4.65 Å². The van der Waals surface area contributed by atoms with Crippen molar-refractivity contribution < 1.29 is 14.8 Å². The number of aliphatic hydroxyl groups excluding tert-OH is 1. The van der Waals surface area contributed by atoms with Crippen LogP contribution in [-0.4, -0.2) is 29.5 Å². The van der Waals surface area contributed by atoms with Crippen molar-refractivity contribution in [3.05, 3.63) is 12.6 Å². The van der Waals surface area contributed by atoms with Crippen LogP contribution in [0, 0.1) is 17.3 Å². The molecular formula is C12H21BO3. The largest absolute Gasteiger partial charge is 0.483 e. The van der Waals surface area contributed by atoms with Gasteiger partial charge in [0.05, 0.1) is 12.2 Å². The molecular weight excluding hydrogens is 203 g/mol. The van der Waals surface area contributed by atoms with Crippen LogP contribution >= 0.6 is 0 Å². The van der Waals surface area contributed by atoms with E-state index in [9.17, 15) is 10.1 Å². The highest BCUT2D eigenvalue weighted by molar-refractivity contribution is 6.49. The average molecular weight is 224 g/mol. The highest BCUT2D eigenvalue weighted by atomic mass is 16.5. The molecule has 0 aromatic carbocycles. The minimum Gasteiger partial charge on any atom is -0.423 e. The average Bonchev–Trinajstić information content (AvgIpc) is 2.28. The molecule has 3 fully saturated rings. The molecule has 3 aliphatic carbocycles. The smallest absolute Gasteiger partial charge is 0.423 e. The molecule has 0 radical (unpaired) electrons. The fourth-order valence-electron chi connectivity index (χ4n) is 3.65. The SMILES string of the molecule is C=CB(O)O[C@]1(CO)CC[C@@H]2C[C@@H]1C2(C)C. The van der Waals surface area contributed by atoms with Crippen LogP contribution in [0.25, 0.3) is 0 Å². The second-order valence-electron chi connectivity index (χ2n) is 5.81. The minimum atomic E-state index is -0.972. The molecule has 0 unspecified atom stereocenters. The van der Waals surface area contributed by atoms with Gasteiger partial charge in [-0.2, -0.15) is 0 Å². The quantitative estimate of drug-likeness (QED) is 0.709. The van der Waals surface area contributed by atoms with Crippen LogP contribution in [0.3, 0.4) is 0 Å². The monoisotopic (exact) mass is 224 g/mol. The van der Waals surface area contributed by atoms with Crippen LogP contribution in [0.15, 0.2) is 12.6 Å². The molecule has 0 heterocycles. The third-order valence-corrected chi connectivity index (χ3v) is 4.85. The van der Waals surface area contributed by atoms with Gasteiger partial charge in [0.1, 0.15) is 0 Å². The lowest BCUT2D eigenvalue weighted by Crippen LogP contribution is -2.65. The van der Waals surface area contributed by atoms with Crippen molar-refractivity contribution >= 4 is 7.12 Å². The van der Waals surface area contributed by atoms with Gasteiger partial charge < -0.3 is 14.8 Å². The Hall–Kier alpha value is -0.315. The van der Waals surface area contributed by atoms with E-state index in [0.29, 0.717) is 5.92 Å². The number of hydrogen-bond donors (Lipinski definition) is 2. The van der Waals surface area contributed by atoms with Gasteiger partial charge in [-0.25, -0.2) is 0 Å². The maximum absolute atomic E-state index is 9.64. The minimum absolute atomic E-state index is 0.0152. The highest BCUT2D eigenvalue weighted by Gasteiger charge is 2.61. The number of fused-ring (bicyclic) bond motifs is 2. The highest BCUT2D eigenvalue weighted by Crippen LogP contribution is 2.63. The molecule has 3 saturated carbocycles. The van der Waals surface area contributed by atoms with Crippen molar-refractivity contribution in [2.24, 2.45) is 17.3 Å². The Balaban J connectivity index is 2.17. The molecule has 0 aromatic rings. The summed E-state index contributed by atoms with van der Waals surface area (Å²) in [6.07, 6.45) is 3.03. The fraction of sp³-hybridized carbons (Fsp3) is 0.833. The molecule has 16 heavy (non-hydrogen) atoms. The molecule has 3 rings (SSSR count). The van der Waals surface area contributed by atoms with E-state index in [4.69, 9.17) is 4.65 Å². The van der Waals surface area contributed by atoms with Crippen LogP contribution < -0.4 is 0 Å². The number of hydrogen-bond acceptors (Lipinski definition) is 3. The zero-order valence-electron chi connectivity index (χ0n) is 10.1. The van der Waals surface area contributed by atoms with E-state index in [-0.39, 0.29) is 12.0 Å². The molecule has 3 atom stereocenters. The maximum atomic E-state index is 9.64. The Bertz CT molecular complexity index is 290. The molecule has 3 nitrogen and oxygen atoms in total. The van der Waals surface area contributed by atoms with Crippen molar-refractivity contribution in [2.75, 3.05) is 6.61 Å². The Kier molecular flexibility index (Phi) is 2.93. The van der Waals surface area contributed by atoms with Gasteiger partial charge in [0, 0.05) is 0 Å². The Morgan fingerprint density at radius 2 is 2.25 bits per heavy atom. The number of rotatable bonds is 4. The third kappa shape index (κ3) is 1.55. The summed E-state index contributed by atoms with van der Waals surface area (Å²) < 4.78 is 5.65. The Labute approximate surface area is 97.6 Å². The van der Waals surface area contributed by atoms with Crippen LogP contribution in [0.2, 0.25) is 0 Å². The van der Waals surface area contributed by atoms with Crippen LogP contribution in [0.1, 0.15) is 33.1 Å². The van der Waals surface area contributed by atoms with E-state index < -0.39 is 12.7 Å². The van der Waals surface area contributed by atoms with E-state index in [1.807, 2.05) is 0 Å². The van der Waals surface area contributed by atoms with Crippen molar-refractivity contribution in [3.8, 4) is 0 Å². The predicted octanol–water partition coefficient (Wildman–Crippen LogP) is 1.40. The van der Waals surface area contributed by atoms with E-state index in [1.165, 1.54) is 5.98 Å². The second-order valence-corrected chi connectivity index (χ2v) is 5.81. The number of aliphatic hydroxyl groups is 1. The molecule has 0 amide bonds. The topological polar surface area (TPSA) is 49.7 Å². The first-order chi connectivity index (χ1) is 7.46. The van der Waals surface area contributed by atoms with E-state index >= 15 is 0 Å². The predicted molar refractivity (Wildman–Crippen MR) is 63.7 cm³/mol. The van der Waals surface area contributed by atoms with E-state index in [1.54, 1.807) is 0 Å². The molecule has 4 heteroatoms. The second kappa shape index (κ2) is 3.86. The Morgan fingerprint density at radius 1 is 1.56 bits per heavy atom. The van der Waals surface area contributed by atoms with Gasteiger partial charge in [0.15, 0.2) is 0 Å². The zero-order valence-corrected chi connectivity index (χ0v) is 10.1. The zero-order chi connectivity index (χ0) is 12.0. The first kappa shape index (κ1) is 12.2. The molecule has 0 spiro atoms. The van der Waals surface area contributed by atoms with Crippen LogP contribution in [0.5, 0.6) is 0 Å². The summed E-state index contributed by atoms with van der Waals surface area (Å²) in [4.78, 5) is 0. The summed E-state index contributed by atoms with van der Waals surface area (Å²) in [5.41, 5.74) is -0.340.